The van der Waals surface area contributed by atoms with Gasteiger partial charge in [-0.15, -0.1) is 5.10 Å². The number of pyridine rings is 1. The first kappa shape index (κ1) is 29.0. The molecule has 0 spiro atoms. The molecule has 0 radical (unpaired) electrons. The third-order valence-corrected chi connectivity index (χ3v) is 7.01. The van der Waals surface area contributed by atoms with Crippen LogP contribution in [-0.2, 0) is 0 Å². The van der Waals surface area contributed by atoms with Crippen molar-refractivity contribution in [3.05, 3.63) is 47.8 Å². The van der Waals surface area contributed by atoms with E-state index in [0.29, 0.717) is 41.6 Å². The fraction of sp³-hybridized carbons (Fsp3) is 0.429. The minimum Gasteiger partial charge on any atom is -0.495 e. The number of carbonyl (C=O) groups is 2. The molecular formula is C28H32F2N6O6. The molecule has 42 heavy (non-hydrogen) atoms. The highest BCUT2D eigenvalue weighted by atomic mass is 19.3. The van der Waals surface area contributed by atoms with Gasteiger partial charge in [-0.2, -0.15) is 13.9 Å². The lowest BCUT2D eigenvalue weighted by Crippen LogP contribution is -2.40. The number of halogens is 2. The molecule has 1 aliphatic rings. The molecule has 0 saturated heterocycles. The molecule has 0 bridgehead atoms. The van der Waals surface area contributed by atoms with Gasteiger partial charge in [0.15, 0.2) is 5.69 Å². The molecule has 4 aromatic rings. The average Bonchev–Trinajstić information content (AvgIpc) is 3.50. The van der Waals surface area contributed by atoms with Crippen LogP contribution in [0, 0.1) is 0 Å². The van der Waals surface area contributed by atoms with Gasteiger partial charge < -0.3 is 30.4 Å². The zero-order chi connectivity index (χ0) is 30.2. The van der Waals surface area contributed by atoms with Crippen molar-refractivity contribution in [1.29, 1.82) is 0 Å². The number of primary amides is 1. The largest absolute Gasteiger partial charge is 0.495 e. The molecule has 0 aliphatic heterocycles. The van der Waals surface area contributed by atoms with Crippen LogP contribution in [0.2, 0.25) is 0 Å². The van der Waals surface area contributed by atoms with Crippen LogP contribution in [0.1, 0.15) is 66.9 Å². The summed E-state index contributed by atoms with van der Waals surface area (Å²) in [5.41, 5.74) is 5.07. The van der Waals surface area contributed by atoms with Gasteiger partial charge in [0.1, 0.15) is 29.8 Å². The molecule has 3 heterocycles. The van der Waals surface area contributed by atoms with Crippen molar-refractivity contribution in [2.24, 2.45) is 5.73 Å². The summed E-state index contributed by atoms with van der Waals surface area (Å²) in [6.07, 6.45) is 3.54. The maximum atomic E-state index is 13.8. The number of ether oxygens (including phenoxy) is 3. The molecule has 224 valence electrons. The number of nitrogens with one attached hydrogen (secondary N) is 1. The topological polar surface area (TPSA) is 155 Å². The number of fused-ring (bicyclic) bond motifs is 2. The second-order valence-electron chi connectivity index (χ2n) is 10.9. The number of hydrogen-bond acceptors (Lipinski definition) is 8. The van der Waals surface area contributed by atoms with Crippen LogP contribution in [0.5, 0.6) is 17.4 Å². The van der Waals surface area contributed by atoms with E-state index in [9.17, 15) is 23.5 Å². The molecule has 14 heteroatoms. The summed E-state index contributed by atoms with van der Waals surface area (Å²) >= 11 is 0. The molecule has 1 saturated carbocycles. The van der Waals surface area contributed by atoms with Crippen molar-refractivity contribution in [3.63, 3.8) is 0 Å². The van der Waals surface area contributed by atoms with Crippen LogP contribution in [0.15, 0.2) is 36.5 Å². The molecule has 2 amide bonds. The summed E-state index contributed by atoms with van der Waals surface area (Å²) in [7, 11) is 1.52. The summed E-state index contributed by atoms with van der Waals surface area (Å²) in [5.74, 6) is -0.301. The number of aromatic nitrogens is 4. The van der Waals surface area contributed by atoms with Crippen LogP contribution in [0.3, 0.4) is 0 Å². The van der Waals surface area contributed by atoms with E-state index in [0.717, 1.165) is 0 Å². The van der Waals surface area contributed by atoms with Gasteiger partial charge in [-0.05, 0) is 63.8 Å². The van der Waals surface area contributed by atoms with Crippen LogP contribution >= 0.6 is 0 Å². The van der Waals surface area contributed by atoms with Crippen LogP contribution < -0.4 is 25.3 Å². The van der Waals surface area contributed by atoms with Crippen molar-refractivity contribution in [1.82, 2.24) is 24.7 Å². The Bertz CT molecular complexity index is 1620. The van der Waals surface area contributed by atoms with E-state index in [1.54, 1.807) is 38.2 Å². The highest BCUT2D eigenvalue weighted by Gasteiger charge is 2.29. The number of benzene rings is 1. The van der Waals surface area contributed by atoms with Crippen LogP contribution in [0.4, 0.5) is 8.78 Å². The Labute approximate surface area is 239 Å². The Morgan fingerprint density at radius 1 is 1.12 bits per heavy atom. The quantitative estimate of drug-likeness (QED) is 0.255. The van der Waals surface area contributed by atoms with Crippen molar-refractivity contribution >= 4 is 28.2 Å². The highest BCUT2D eigenvalue weighted by molar-refractivity contribution is 6.05. The van der Waals surface area contributed by atoms with Crippen molar-refractivity contribution in [2.75, 3.05) is 13.7 Å². The summed E-state index contributed by atoms with van der Waals surface area (Å²) in [6, 6.07) is 7.55. The molecule has 1 aromatic carbocycles. The Morgan fingerprint density at radius 2 is 1.83 bits per heavy atom. The van der Waals surface area contributed by atoms with E-state index in [2.05, 4.69) is 15.5 Å². The zero-order valence-electron chi connectivity index (χ0n) is 23.3. The first-order valence-corrected chi connectivity index (χ1v) is 13.4. The molecule has 12 nitrogen and oxygen atoms in total. The Morgan fingerprint density at radius 3 is 2.48 bits per heavy atom. The summed E-state index contributed by atoms with van der Waals surface area (Å²) < 4.78 is 46.3. The van der Waals surface area contributed by atoms with Crippen molar-refractivity contribution < 1.29 is 37.7 Å². The second kappa shape index (κ2) is 11.4. The Hall–Kier alpha value is -4.46. The summed E-state index contributed by atoms with van der Waals surface area (Å²) in [4.78, 5) is 25.3. The standard InChI is InChI=1S/C28H32F2N6O6/c1-28(2,39)14-41-17-8-10-19-21(12-17)36(27(29)30)33-23(19)25(38)32-15-4-6-16(7-5-15)42-26-22(24(31)37)20-11-9-18(40-3)13-35(20)34-26/h8-13,15-16,27,39H,4-7,14H2,1-3H3,(H2,31,37)(H,32,38)/t15-,16-. The Balaban J connectivity index is 1.25. The molecule has 1 fully saturated rings. The third-order valence-electron chi connectivity index (χ3n) is 7.01. The van der Waals surface area contributed by atoms with Crippen LogP contribution in [0.25, 0.3) is 16.4 Å². The summed E-state index contributed by atoms with van der Waals surface area (Å²) in [5, 5.41) is 21.3. The molecule has 4 N–H and O–H groups in total. The van der Waals surface area contributed by atoms with Gasteiger partial charge >= 0.3 is 6.55 Å². The molecule has 5 rings (SSSR count). The number of nitrogens with two attached hydrogens (primary N) is 1. The van der Waals surface area contributed by atoms with E-state index in [4.69, 9.17) is 19.9 Å². The SMILES string of the molecule is COc1ccc2c(C(N)=O)c(O[C@H]3CC[C@H](NC(=O)c4nn(C(F)F)c5cc(OCC(C)(C)O)ccc45)CC3)nn2c1. The summed E-state index contributed by atoms with van der Waals surface area (Å²) in [6.45, 7) is 0.104. The van der Waals surface area contributed by atoms with E-state index < -0.39 is 24.0 Å². The first-order chi connectivity index (χ1) is 19.9. The smallest absolute Gasteiger partial charge is 0.333 e. The van der Waals surface area contributed by atoms with E-state index in [-0.39, 0.29) is 52.5 Å². The fourth-order valence-electron chi connectivity index (χ4n) is 4.96. The highest BCUT2D eigenvalue weighted by Crippen LogP contribution is 2.31. The normalized spacial score (nSPS) is 17.5. The molecule has 3 aromatic heterocycles. The number of amides is 2. The van der Waals surface area contributed by atoms with Crippen molar-refractivity contribution in [2.45, 2.75) is 63.8 Å². The lowest BCUT2D eigenvalue weighted by atomic mass is 9.92. The second-order valence-corrected chi connectivity index (χ2v) is 10.9. The molecular weight excluding hydrogens is 554 g/mol. The van der Waals surface area contributed by atoms with E-state index >= 15 is 0 Å². The van der Waals surface area contributed by atoms with Gasteiger partial charge in [-0.3, -0.25) is 9.59 Å². The Kier molecular flexibility index (Phi) is 7.91. The van der Waals surface area contributed by atoms with Gasteiger partial charge in [-0.25, -0.2) is 9.20 Å². The van der Waals surface area contributed by atoms with Gasteiger partial charge in [0.2, 0.25) is 5.88 Å². The zero-order valence-corrected chi connectivity index (χ0v) is 23.3. The number of nitrogens with zero attached hydrogens (tertiary/aromatic N) is 4. The maximum Gasteiger partial charge on any atom is 0.333 e. The maximum absolute atomic E-state index is 13.8. The molecule has 1 aliphatic carbocycles. The first-order valence-electron chi connectivity index (χ1n) is 13.4. The average molecular weight is 587 g/mol. The number of alkyl halides is 2. The van der Waals surface area contributed by atoms with Gasteiger partial charge in [0.05, 0.1) is 29.9 Å². The number of aliphatic hydroxyl groups is 1. The van der Waals surface area contributed by atoms with Crippen LogP contribution in [-0.4, -0.2) is 67.8 Å². The third kappa shape index (κ3) is 6.08. The van der Waals surface area contributed by atoms with E-state index in [1.807, 2.05) is 0 Å². The fourth-order valence-corrected chi connectivity index (χ4v) is 4.96. The minimum absolute atomic E-state index is 0.0378. The number of carbonyl (C=O) groups excluding carboxylic acids is 2. The lowest BCUT2D eigenvalue weighted by Gasteiger charge is -2.28. The number of hydrogen-bond donors (Lipinski definition) is 3. The number of methoxy groups -OCH3 is 1. The lowest BCUT2D eigenvalue weighted by molar-refractivity contribution is 0.0284. The number of rotatable bonds is 10. The van der Waals surface area contributed by atoms with Gasteiger partial charge in [0.25, 0.3) is 11.8 Å². The van der Waals surface area contributed by atoms with Gasteiger partial charge in [-0.1, -0.05) is 0 Å². The van der Waals surface area contributed by atoms with Crippen molar-refractivity contribution in [3.8, 4) is 17.4 Å². The predicted octanol–water partition coefficient (Wildman–Crippen LogP) is 3.46. The minimum atomic E-state index is -2.97. The monoisotopic (exact) mass is 586 g/mol. The molecule has 0 unspecified atom stereocenters. The van der Waals surface area contributed by atoms with E-state index in [1.165, 1.54) is 23.8 Å². The van der Waals surface area contributed by atoms with Gasteiger partial charge in [0, 0.05) is 17.5 Å². The predicted molar refractivity (Wildman–Crippen MR) is 147 cm³/mol. The molecule has 0 atom stereocenters.